The van der Waals surface area contributed by atoms with E-state index in [1.54, 1.807) is 0 Å². The fourth-order valence-electron chi connectivity index (χ4n) is 5.80. The van der Waals surface area contributed by atoms with Crippen LogP contribution in [0.25, 0.3) is 0 Å². The Morgan fingerprint density at radius 1 is 0.566 bits per heavy atom. The van der Waals surface area contributed by atoms with E-state index in [1.807, 2.05) is 0 Å². The number of hydrogen-bond donors (Lipinski definition) is 3. The molecule has 53 heavy (non-hydrogen) atoms. The zero-order valence-electron chi connectivity index (χ0n) is 33.7. The van der Waals surface area contributed by atoms with Crippen LogP contribution in [0.15, 0.2) is 24.3 Å². The predicted octanol–water partition coefficient (Wildman–Crippen LogP) is 11.0. The number of carbonyl (C=O) groups is 2. The fourth-order valence-corrected chi connectivity index (χ4v) is 6.59. The highest BCUT2D eigenvalue weighted by atomic mass is 31.2. The monoisotopic (exact) mass is 775 g/mol. The van der Waals surface area contributed by atoms with E-state index >= 15 is 0 Å². The zero-order chi connectivity index (χ0) is 39.1. The van der Waals surface area contributed by atoms with Crippen molar-refractivity contribution in [1.82, 2.24) is 0 Å². The number of carbonyl (C=O) groups excluding carboxylic acids is 2. The van der Waals surface area contributed by atoms with E-state index in [2.05, 4.69) is 42.7 Å². The van der Waals surface area contributed by atoms with Gasteiger partial charge < -0.3 is 24.6 Å². The quantitative estimate of drug-likeness (QED) is 0.0238. The lowest BCUT2D eigenvalue weighted by Gasteiger charge is -2.20. The first-order valence-electron chi connectivity index (χ1n) is 21.3. The maximum atomic E-state index is 12.6. The molecule has 0 saturated heterocycles. The highest BCUT2D eigenvalue weighted by molar-refractivity contribution is 7.47. The minimum absolute atomic E-state index is 0.180. The Labute approximate surface area is 323 Å². The molecule has 0 aromatic carbocycles. The maximum absolute atomic E-state index is 12.6. The van der Waals surface area contributed by atoms with E-state index in [9.17, 15) is 24.2 Å². The van der Waals surface area contributed by atoms with Gasteiger partial charge in [-0.3, -0.25) is 18.6 Å². The Balaban J connectivity index is 4.34. The highest BCUT2D eigenvalue weighted by Crippen LogP contribution is 2.43. The molecular weight excluding hydrogens is 695 g/mol. The number of rotatable bonds is 40. The van der Waals surface area contributed by atoms with Gasteiger partial charge in [-0.2, -0.15) is 0 Å². The lowest BCUT2D eigenvalue weighted by molar-refractivity contribution is -0.161. The molecule has 1 unspecified atom stereocenters. The van der Waals surface area contributed by atoms with E-state index in [-0.39, 0.29) is 19.4 Å². The first-order valence-corrected chi connectivity index (χ1v) is 22.8. The molecule has 0 aromatic heterocycles. The molecule has 0 bridgehead atoms. The Hall–Kier alpha value is -1.55. The number of phosphoric acid groups is 1. The Morgan fingerprint density at radius 2 is 1.00 bits per heavy atom. The summed E-state index contributed by atoms with van der Waals surface area (Å²) >= 11 is 0. The van der Waals surface area contributed by atoms with Crippen LogP contribution in [0.2, 0.25) is 0 Å². The second-order valence-corrected chi connectivity index (χ2v) is 15.8. The number of unbranched alkanes of at least 4 members (excludes halogenated alkanes) is 22. The number of esters is 2. The molecule has 10 nitrogen and oxygen atoms in total. The van der Waals surface area contributed by atoms with Gasteiger partial charge in [0.15, 0.2) is 6.10 Å². The average molecular weight is 775 g/mol. The third-order valence-corrected chi connectivity index (χ3v) is 10.1. The minimum atomic E-state index is -4.62. The molecule has 0 fully saturated rings. The summed E-state index contributed by atoms with van der Waals surface area (Å²) in [7, 11) is -4.62. The summed E-state index contributed by atoms with van der Waals surface area (Å²) in [6, 6.07) is 0. The third kappa shape index (κ3) is 38.5. The summed E-state index contributed by atoms with van der Waals surface area (Å²) in [5.74, 6) is -0.972. The van der Waals surface area contributed by atoms with E-state index in [0.717, 1.165) is 38.5 Å². The number of hydrogen-bond acceptors (Lipinski definition) is 9. The van der Waals surface area contributed by atoms with Crippen molar-refractivity contribution in [1.29, 1.82) is 0 Å². The molecule has 0 heterocycles. The van der Waals surface area contributed by atoms with Crippen LogP contribution in [0.4, 0.5) is 0 Å². The van der Waals surface area contributed by atoms with Crippen molar-refractivity contribution in [3.8, 4) is 0 Å². The van der Waals surface area contributed by atoms with Crippen LogP contribution >= 0.6 is 7.82 Å². The summed E-state index contributed by atoms with van der Waals surface area (Å²) < 4.78 is 32.6. The van der Waals surface area contributed by atoms with E-state index in [0.29, 0.717) is 12.8 Å². The lowest BCUT2D eigenvalue weighted by atomic mass is 10.0. The normalized spacial score (nSPS) is 14.1. The van der Waals surface area contributed by atoms with Crippen molar-refractivity contribution in [3.05, 3.63) is 24.3 Å². The van der Waals surface area contributed by atoms with E-state index in [4.69, 9.17) is 19.1 Å². The Bertz CT molecular complexity index is 941. The molecule has 0 aliphatic heterocycles. The van der Waals surface area contributed by atoms with Crippen LogP contribution in [0, 0.1) is 0 Å². The molecular formula is C42H79O10P. The van der Waals surface area contributed by atoms with Crippen LogP contribution in [0.5, 0.6) is 0 Å². The smallest absolute Gasteiger partial charge is 0.462 e. The summed E-state index contributed by atoms with van der Waals surface area (Å²) in [5, 5.41) is 18.3. The van der Waals surface area contributed by atoms with Crippen LogP contribution < -0.4 is 0 Å². The van der Waals surface area contributed by atoms with Crippen molar-refractivity contribution in [2.75, 3.05) is 26.4 Å². The largest absolute Gasteiger partial charge is 0.472 e. The molecule has 3 atom stereocenters. The van der Waals surface area contributed by atoms with Gasteiger partial charge in [0.1, 0.15) is 12.7 Å². The van der Waals surface area contributed by atoms with Gasteiger partial charge in [0.2, 0.25) is 0 Å². The van der Waals surface area contributed by atoms with Crippen molar-refractivity contribution in [3.63, 3.8) is 0 Å². The molecule has 0 aliphatic rings. The second-order valence-electron chi connectivity index (χ2n) is 14.4. The van der Waals surface area contributed by atoms with Crippen molar-refractivity contribution >= 4 is 19.8 Å². The lowest BCUT2D eigenvalue weighted by Crippen LogP contribution is -2.29. The van der Waals surface area contributed by atoms with Crippen LogP contribution in [0.3, 0.4) is 0 Å². The highest BCUT2D eigenvalue weighted by Gasteiger charge is 2.27. The molecule has 0 aromatic rings. The Kier molecular flexibility index (Phi) is 37.6. The summed E-state index contributed by atoms with van der Waals surface area (Å²) in [5.41, 5.74) is 0. The van der Waals surface area contributed by atoms with Gasteiger partial charge in [0.25, 0.3) is 0 Å². The van der Waals surface area contributed by atoms with Gasteiger partial charge >= 0.3 is 19.8 Å². The molecule has 0 rings (SSSR count). The minimum Gasteiger partial charge on any atom is -0.462 e. The standard InChI is InChI=1S/C42H79O10P/c1-3-5-7-9-11-13-15-17-18-19-20-22-23-25-27-29-31-33-41(45)49-37-40(38-51-53(47,48)50-36-39(44)35-43)52-42(46)34-32-30-28-26-24-21-16-14-12-10-8-6-4-2/h20,22,25,27,39-40,43-44H,3-19,21,23-24,26,28-38H2,1-2H3,(H,47,48)/b22-20+,27-25+/t39-,40+/m0/s1. The van der Waals surface area contributed by atoms with Crippen molar-refractivity contribution in [2.24, 2.45) is 0 Å². The molecule has 0 aliphatic carbocycles. The first kappa shape index (κ1) is 51.5. The topological polar surface area (TPSA) is 149 Å². The van der Waals surface area contributed by atoms with Gasteiger partial charge in [0.05, 0.1) is 19.8 Å². The van der Waals surface area contributed by atoms with Crippen LogP contribution in [-0.4, -0.2) is 65.7 Å². The number of aliphatic hydroxyl groups excluding tert-OH is 2. The average Bonchev–Trinajstić information content (AvgIpc) is 3.14. The third-order valence-electron chi connectivity index (χ3n) is 9.11. The Morgan fingerprint density at radius 3 is 1.51 bits per heavy atom. The zero-order valence-corrected chi connectivity index (χ0v) is 34.6. The number of aliphatic hydroxyl groups is 2. The van der Waals surface area contributed by atoms with Gasteiger partial charge in [0, 0.05) is 12.8 Å². The van der Waals surface area contributed by atoms with Gasteiger partial charge in [-0.05, 0) is 38.5 Å². The van der Waals surface area contributed by atoms with Crippen LogP contribution in [-0.2, 0) is 32.7 Å². The van der Waals surface area contributed by atoms with E-state index in [1.165, 1.54) is 116 Å². The fraction of sp³-hybridized carbons (Fsp3) is 0.857. The molecule has 312 valence electrons. The molecule has 11 heteroatoms. The number of phosphoric ester groups is 1. The second kappa shape index (κ2) is 38.7. The summed E-state index contributed by atoms with van der Waals surface area (Å²) in [6.45, 7) is 2.34. The number of ether oxygens (including phenoxy) is 2. The maximum Gasteiger partial charge on any atom is 0.472 e. The molecule has 3 N–H and O–H groups in total. The van der Waals surface area contributed by atoms with Gasteiger partial charge in [-0.1, -0.05) is 167 Å². The summed E-state index contributed by atoms with van der Waals surface area (Å²) in [6.07, 6.45) is 37.2. The van der Waals surface area contributed by atoms with Crippen molar-refractivity contribution in [2.45, 2.75) is 206 Å². The molecule has 0 spiro atoms. The van der Waals surface area contributed by atoms with Crippen molar-refractivity contribution < 1.29 is 47.8 Å². The van der Waals surface area contributed by atoms with Gasteiger partial charge in [-0.25, -0.2) is 4.57 Å². The SMILES string of the molecule is CCCCCCCCCCC/C=C/C/C=C/CCCC(=O)OC[C@H](COP(=O)(O)OC[C@@H](O)CO)OC(=O)CCCCCCCCCCCCCCC. The van der Waals surface area contributed by atoms with Gasteiger partial charge in [-0.15, -0.1) is 0 Å². The summed E-state index contributed by atoms with van der Waals surface area (Å²) in [4.78, 5) is 34.9. The van der Waals surface area contributed by atoms with Crippen LogP contribution in [0.1, 0.15) is 194 Å². The molecule has 0 saturated carbocycles. The predicted molar refractivity (Wildman–Crippen MR) is 215 cm³/mol. The number of allylic oxidation sites excluding steroid dienone is 4. The first-order chi connectivity index (χ1) is 25.7. The molecule has 0 radical (unpaired) electrons. The van der Waals surface area contributed by atoms with E-state index < -0.39 is 51.8 Å². The molecule has 0 amide bonds.